The van der Waals surface area contributed by atoms with Crippen LogP contribution >= 0.6 is 11.8 Å². The zero-order chi connectivity index (χ0) is 13.2. The lowest BCUT2D eigenvalue weighted by Gasteiger charge is -2.40. The molecule has 1 aliphatic rings. The van der Waals surface area contributed by atoms with Gasteiger partial charge in [0.2, 0.25) is 0 Å². The molecule has 1 heterocycles. The van der Waals surface area contributed by atoms with Crippen molar-refractivity contribution < 1.29 is 0 Å². The van der Waals surface area contributed by atoms with Gasteiger partial charge in [-0.05, 0) is 25.5 Å². The van der Waals surface area contributed by atoms with Crippen LogP contribution in [0, 0.1) is 0 Å². The normalized spacial score (nSPS) is 17.5. The van der Waals surface area contributed by atoms with Crippen LogP contribution in [0.15, 0.2) is 0 Å². The molecule has 0 saturated heterocycles. The Morgan fingerprint density at radius 2 is 2.22 bits per heavy atom. The van der Waals surface area contributed by atoms with Gasteiger partial charge in [-0.1, -0.05) is 19.8 Å². The minimum Gasteiger partial charge on any atom is -0.394 e. The van der Waals surface area contributed by atoms with Gasteiger partial charge >= 0.3 is 0 Å². The van der Waals surface area contributed by atoms with Crippen molar-refractivity contribution in [2.45, 2.75) is 43.8 Å². The van der Waals surface area contributed by atoms with E-state index in [1.54, 1.807) is 0 Å². The SMILES string of the molecule is CCCc1nn(C)c(NCC2(SC)CCC2)c1N. The Balaban J connectivity index is 2.04. The molecule has 0 aliphatic heterocycles. The van der Waals surface area contributed by atoms with Gasteiger partial charge in [0.25, 0.3) is 0 Å². The lowest BCUT2D eigenvalue weighted by atomic mass is 9.84. The summed E-state index contributed by atoms with van der Waals surface area (Å²) in [6.07, 6.45) is 8.20. The topological polar surface area (TPSA) is 55.9 Å². The third-order valence-electron chi connectivity index (χ3n) is 3.92. The molecular formula is C13H24N4S. The van der Waals surface area contributed by atoms with E-state index in [1.807, 2.05) is 23.5 Å². The lowest BCUT2D eigenvalue weighted by molar-refractivity contribution is 0.379. The largest absolute Gasteiger partial charge is 0.394 e. The zero-order valence-corrected chi connectivity index (χ0v) is 12.4. The molecule has 1 aromatic heterocycles. The van der Waals surface area contributed by atoms with Crippen LogP contribution in [0.2, 0.25) is 0 Å². The third-order valence-corrected chi connectivity index (χ3v) is 5.34. The minimum absolute atomic E-state index is 0.418. The number of anilines is 2. The smallest absolute Gasteiger partial charge is 0.147 e. The van der Waals surface area contributed by atoms with Gasteiger partial charge < -0.3 is 11.1 Å². The van der Waals surface area contributed by atoms with E-state index in [2.05, 4.69) is 23.6 Å². The number of rotatable bonds is 6. The Kier molecular flexibility index (Phi) is 4.10. The molecule has 1 aliphatic carbocycles. The van der Waals surface area contributed by atoms with Crippen molar-refractivity contribution in [3.05, 3.63) is 5.69 Å². The summed E-state index contributed by atoms with van der Waals surface area (Å²) < 4.78 is 2.30. The predicted octanol–water partition coefficient (Wildman–Crippen LogP) is 2.65. The van der Waals surface area contributed by atoms with Crippen LogP contribution < -0.4 is 11.1 Å². The van der Waals surface area contributed by atoms with Gasteiger partial charge in [-0.25, -0.2) is 0 Å². The number of thioether (sulfide) groups is 1. The summed E-state index contributed by atoms with van der Waals surface area (Å²) in [7, 11) is 1.96. The fraction of sp³-hybridized carbons (Fsp3) is 0.769. The standard InChI is InChI=1S/C13H24N4S/c1-4-6-10-11(14)12(17(2)16-10)15-9-13(18-3)7-5-8-13/h15H,4-9,14H2,1-3H3. The number of aryl methyl sites for hydroxylation is 2. The molecule has 0 amide bonds. The maximum absolute atomic E-state index is 6.17. The Bertz CT molecular complexity index is 404. The van der Waals surface area contributed by atoms with E-state index in [9.17, 15) is 0 Å². The first-order chi connectivity index (χ1) is 8.62. The quantitative estimate of drug-likeness (QED) is 0.833. The van der Waals surface area contributed by atoms with Gasteiger partial charge in [-0.3, -0.25) is 4.68 Å². The number of hydrogen-bond acceptors (Lipinski definition) is 4. The van der Waals surface area contributed by atoms with Gasteiger partial charge in [0.1, 0.15) is 5.82 Å². The molecule has 0 spiro atoms. The van der Waals surface area contributed by atoms with Crippen LogP contribution in [0.4, 0.5) is 11.5 Å². The van der Waals surface area contributed by atoms with Crippen LogP contribution in [0.3, 0.4) is 0 Å². The predicted molar refractivity (Wildman–Crippen MR) is 80.2 cm³/mol. The van der Waals surface area contributed by atoms with Gasteiger partial charge in [-0.15, -0.1) is 0 Å². The molecule has 4 nitrogen and oxygen atoms in total. The van der Waals surface area contributed by atoms with E-state index in [4.69, 9.17) is 5.73 Å². The molecule has 1 fully saturated rings. The Labute approximate surface area is 114 Å². The Hall–Kier alpha value is -0.840. The second-order valence-corrected chi connectivity index (χ2v) is 6.45. The van der Waals surface area contributed by atoms with Gasteiger partial charge in [0.05, 0.1) is 11.4 Å². The van der Waals surface area contributed by atoms with Crippen molar-refractivity contribution in [2.24, 2.45) is 7.05 Å². The van der Waals surface area contributed by atoms with Crippen molar-refractivity contribution in [1.82, 2.24) is 9.78 Å². The molecule has 1 aromatic rings. The zero-order valence-electron chi connectivity index (χ0n) is 11.6. The summed E-state index contributed by atoms with van der Waals surface area (Å²) in [4.78, 5) is 0. The second kappa shape index (κ2) is 5.43. The monoisotopic (exact) mass is 268 g/mol. The Morgan fingerprint density at radius 3 is 2.72 bits per heavy atom. The molecule has 1 saturated carbocycles. The first kappa shape index (κ1) is 13.6. The molecule has 0 aromatic carbocycles. The van der Waals surface area contributed by atoms with E-state index < -0.39 is 0 Å². The highest BCUT2D eigenvalue weighted by molar-refractivity contribution is 8.00. The number of nitrogens with two attached hydrogens (primary N) is 1. The van der Waals surface area contributed by atoms with Crippen LogP contribution in [0.25, 0.3) is 0 Å². The molecule has 0 atom stereocenters. The average molecular weight is 268 g/mol. The highest BCUT2D eigenvalue weighted by atomic mass is 32.2. The summed E-state index contributed by atoms with van der Waals surface area (Å²) in [6, 6.07) is 0. The van der Waals surface area contributed by atoms with Gasteiger partial charge in [0, 0.05) is 18.3 Å². The van der Waals surface area contributed by atoms with E-state index in [-0.39, 0.29) is 0 Å². The molecule has 3 N–H and O–H groups in total. The average Bonchev–Trinajstić information content (AvgIpc) is 2.56. The molecular weight excluding hydrogens is 244 g/mol. The molecule has 102 valence electrons. The van der Waals surface area contributed by atoms with E-state index in [1.165, 1.54) is 19.3 Å². The molecule has 18 heavy (non-hydrogen) atoms. The fourth-order valence-corrected chi connectivity index (χ4v) is 3.41. The van der Waals surface area contributed by atoms with Crippen LogP contribution in [-0.4, -0.2) is 27.3 Å². The maximum atomic E-state index is 6.17. The molecule has 0 radical (unpaired) electrons. The third kappa shape index (κ3) is 2.46. The lowest BCUT2D eigenvalue weighted by Crippen LogP contribution is -2.40. The van der Waals surface area contributed by atoms with Gasteiger partial charge in [-0.2, -0.15) is 16.9 Å². The summed E-state index contributed by atoms with van der Waals surface area (Å²) in [5.41, 5.74) is 8.02. The van der Waals surface area contributed by atoms with E-state index in [0.717, 1.165) is 36.6 Å². The van der Waals surface area contributed by atoms with E-state index >= 15 is 0 Å². The maximum Gasteiger partial charge on any atom is 0.147 e. The molecule has 5 heteroatoms. The minimum atomic E-state index is 0.418. The van der Waals surface area contributed by atoms with E-state index in [0.29, 0.717) is 4.75 Å². The number of aromatic nitrogens is 2. The number of nitrogens with one attached hydrogen (secondary N) is 1. The van der Waals surface area contributed by atoms with Crippen LogP contribution in [0.5, 0.6) is 0 Å². The van der Waals surface area contributed by atoms with Crippen molar-refractivity contribution >= 4 is 23.3 Å². The summed E-state index contributed by atoms with van der Waals surface area (Å²) in [6.45, 7) is 3.14. The summed E-state index contributed by atoms with van der Waals surface area (Å²) >= 11 is 1.97. The Morgan fingerprint density at radius 1 is 1.50 bits per heavy atom. The number of nitrogens with zero attached hydrogens (tertiary/aromatic N) is 2. The summed E-state index contributed by atoms with van der Waals surface area (Å²) in [5, 5.41) is 8.00. The first-order valence-electron chi connectivity index (χ1n) is 6.72. The van der Waals surface area contributed by atoms with Crippen LogP contribution in [-0.2, 0) is 13.5 Å². The van der Waals surface area contributed by atoms with Gasteiger partial charge in [0.15, 0.2) is 0 Å². The first-order valence-corrected chi connectivity index (χ1v) is 7.95. The van der Waals surface area contributed by atoms with Crippen LogP contribution in [0.1, 0.15) is 38.3 Å². The van der Waals surface area contributed by atoms with Crippen molar-refractivity contribution in [3.8, 4) is 0 Å². The van der Waals surface area contributed by atoms with Crippen molar-refractivity contribution in [1.29, 1.82) is 0 Å². The van der Waals surface area contributed by atoms with Crippen molar-refractivity contribution in [2.75, 3.05) is 23.9 Å². The second-order valence-electron chi connectivity index (χ2n) is 5.18. The summed E-state index contributed by atoms with van der Waals surface area (Å²) in [5.74, 6) is 0.985. The number of nitrogen functional groups attached to an aromatic ring is 1. The molecule has 2 rings (SSSR count). The fourth-order valence-electron chi connectivity index (χ4n) is 2.50. The molecule has 0 bridgehead atoms. The number of hydrogen-bond donors (Lipinski definition) is 2. The molecule has 0 unspecified atom stereocenters. The van der Waals surface area contributed by atoms with Crippen molar-refractivity contribution in [3.63, 3.8) is 0 Å². The highest BCUT2D eigenvalue weighted by Crippen LogP contribution is 2.43. The highest BCUT2D eigenvalue weighted by Gasteiger charge is 2.36.